The summed E-state index contributed by atoms with van der Waals surface area (Å²) < 4.78 is 0. The maximum Gasteiger partial charge on any atom is 0.0583 e. The molecule has 0 saturated carbocycles. The van der Waals surface area contributed by atoms with Crippen LogP contribution in [0.2, 0.25) is 0 Å². The maximum absolute atomic E-state index is 4.99. The van der Waals surface area contributed by atoms with Crippen LogP contribution in [0.5, 0.6) is 0 Å². The van der Waals surface area contributed by atoms with Crippen LogP contribution in [0.1, 0.15) is 6.92 Å². The zero-order chi connectivity index (χ0) is 5.70. The lowest BCUT2D eigenvalue weighted by Gasteiger charge is -1.80. The average Bonchev–Trinajstić information content (AvgIpc) is 1.68. The first-order valence-electron chi connectivity index (χ1n) is 1.94. The molecule has 0 aliphatic heterocycles. The topological polar surface area (TPSA) is 64.4 Å². The van der Waals surface area contributed by atoms with E-state index >= 15 is 0 Å². The zero-order valence-electron chi connectivity index (χ0n) is 4.26. The minimum Gasteiger partial charge on any atom is -0.405 e. The largest absolute Gasteiger partial charge is 0.405 e. The number of nitrogens with zero attached hydrogens (tertiary/aromatic N) is 1. The van der Waals surface area contributed by atoms with Gasteiger partial charge in [-0.1, -0.05) is 0 Å². The van der Waals surface area contributed by atoms with Gasteiger partial charge in [0.25, 0.3) is 0 Å². The van der Waals surface area contributed by atoms with Crippen molar-refractivity contribution in [2.75, 3.05) is 0 Å². The van der Waals surface area contributed by atoms with Crippen LogP contribution in [-0.2, 0) is 0 Å². The lowest BCUT2D eigenvalue weighted by atomic mass is 10.4. The minimum atomic E-state index is 0.725. The van der Waals surface area contributed by atoms with Gasteiger partial charge in [-0.2, -0.15) is 5.10 Å². The van der Waals surface area contributed by atoms with Crippen molar-refractivity contribution in [1.29, 1.82) is 0 Å². The highest BCUT2D eigenvalue weighted by atomic mass is 15.1. The van der Waals surface area contributed by atoms with Crippen LogP contribution < -0.4 is 11.6 Å². The van der Waals surface area contributed by atoms with Crippen molar-refractivity contribution in [2.45, 2.75) is 6.92 Å². The first kappa shape index (κ1) is 6.01. The summed E-state index contributed by atoms with van der Waals surface area (Å²) in [5.74, 6) is 4.84. The quantitative estimate of drug-likeness (QED) is 0.271. The van der Waals surface area contributed by atoms with Gasteiger partial charge in [0, 0.05) is 0 Å². The third-order valence-electron chi connectivity index (χ3n) is 0.541. The molecule has 0 radical (unpaired) electrons. The Bertz CT molecular complexity index is 93.1. The predicted octanol–water partition coefficient (Wildman–Crippen LogP) is -0.207. The number of hydrogen-bond donors (Lipinski definition) is 2. The summed E-state index contributed by atoms with van der Waals surface area (Å²) in [7, 11) is 0. The number of hydrazone groups is 1. The summed E-state index contributed by atoms with van der Waals surface area (Å²) in [6.45, 7) is 1.77. The molecule has 0 aliphatic carbocycles. The van der Waals surface area contributed by atoms with Gasteiger partial charge in [-0.25, -0.2) is 0 Å². The standard InChI is InChI=1S/C4H9N3/c1-4(7-6)2-3-5/h2-3H,5-6H2,1H3/b3-2-,7-4-. The number of allylic oxidation sites excluding steroid dienone is 1. The molecule has 3 nitrogen and oxygen atoms in total. The van der Waals surface area contributed by atoms with Crippen LogP contribution >= 0.6 is 0 Å². The van der Waals surface area contributed by atoms with Crippen molar-refractivity contribution >= 4 is 5.71 Å². The normalized spacial score (nSPS) is 13.0. The number of nitrogens with two attached hydrogens (primary N) is 2. The van der Waals surface area contributed by atoms with Crippen molar-refractivity contribution < 1.29 is 0 Å². The molecule has 0 aliphatic rings. The van der Waals surface area contributed by atoms with E-state index in [1.807, 2.05) is 0 Å². The molecule has 0 atom stereocenters. The van der Waals surface area contributed by atoms with Gasteiger partial charge in [-0.3, -0.25) is 0 Å². The van der Waals surface area contributed by atoms with E-state index < -0.39 is 0 Å². The number of hydrogen-bond acceptors (Lipinski definition) is 3. The van der Waals surface area contributed by atoms with Crippen LogP contribution in [0, 0.1) is 0 Å². The van der Waals surface area contributed by atoms with Crippen LogP contribution in [0.3, 0.4) is 0 Å². The lowest BCUT2D eigenvalue weighted by molar-refractivity contribution is 1.24. The van der Waals surface area contributed by atoms with Gasteiger partial charge in [0.05, 0.1) is 5.71 Å². The van der Waals surface area contributed by atoms with Crippen molar-refractivity contribution in [2.24, 2.45) is 16.7 Å². The highest BCUT2D eigenvalue weighted by molar-refractivity contribution is 5.92. The molecule has 40 valence electrons. The molecule has 0 spiro atoms. The summed E-state index contributed by atoms with van der Waals surface area (Å²) in [5.41, 5.74) is 5.71. The fourth-order valence-corrected chi connectivity index (χ4v) is 0.182. The van der Waals surface area contributed by atoms with E-state index in [1.54, 1.807) is 13.0 Å². The Balaban J connectivity index is 3.58. The second kappa shape index (κ2) is 3.21. The molecule has 0 aromatic carbocycles. The van der Waals surface area contributed by atoms with Gasteiger partial charge >= 0.3 is 0 Å². The second-order valence-corrected chi connectivity index (χ2v) is 1.13. The molecular formula is C4H9N3. The molecule has 0 unspecified atom stereocenters. The van der Waals surface area contributed by atoms with Crippen LogP contribution in [0.4, 0.5) is 0 Å². The monoisotopic (exact) mass is 99.1 g/mol. The summed E-state index contributed by atoms with van der Waals surface area (Å²) in [4.78, 5) is 0. The smallest absolute Gasteiger partial charge is 0.0583 e. The molecule has 0 bridgehead atoms. The van der Waals surface area contributed by atoms with E-state index in [-0.39, 0.29) is 0 Å². The van der Waals surface area contributed by atoms with E-state index in [1.165, 1.54) is 6.20 Å². The molecule has 7 heavy (non-hydrogen) atoms. The Morgan fingerprint density at radius 2 is 2.29 bits per heavy atom. The summed E-state index contributed by atoms with van der Waals surface area (Å²) >= 11 is 0. The summed E-state index contributed by atoms with van der Waals surface area (Å²) in [6, 6.07) is 0. The average molecular weight is 99.1 g/mol. The highest BCUT2D eigenvalue weighted by Gasteiger charge is 1.73. The maximum atomic E-state index is 4.99. The summed E-state index contributed by atoms with van der Waals surface area (Å²) in [5, 5.41) is 3.33. The number of rotatable bonds is 1. The SMILES string of the molecule is CC(/C=C\N)=N/N. The molecule has 0 heterocycles. The third-order valence-corrected chi connectivity index (χ3v) is 0.541. The van der Waals surface area contributed by atoms with Crippen LogP contribution in [0.15, 0.2) is 17.4 Å². The van der Waals surface area contributed by atoms with Gasteiger partial charge in [0.1, 0.15) is 0 Å². The Labute approximate surface area is 42.7 Å². The van der Waals surface area contributed by atoms with Crippen LogP contribution in [-0.4, -0.2) is 5.71 Å². The Kier molecular flexibility index (Phi) is 2.76. The first-order valence-corrected chi connectivity index (χ1v) is 1.94. The summed E-state index contributed by atoms with van der Waals surface area (Å²) in [6.07, 6.45) is 3.02. The predicted molar refractivity (Wildman–Crippen MR) is 30.6 cm³/mol. The van der Waals surface area contributed by atoms with Gasteiger partial charge in [-0.05, 0) is 19.2 Å². The third kappa shape index (κ3) is 2.82. The van der Waals surface area contributed by atoms with E-state index in [2.05, 4.69) is 5.10 Å². The minimum absolute atomic E-state index is 0.725. The lowest BCUT2D eigenvalue weighted by Crippen LogP contribution is -1.92. The first-order chi connectivity index (χ1) is 3.31. The van der Waals surface area contributed by atoms with E-state index in [0.29, 0.717) is 0 Å². The molecule has 0 amide bonds. The molecule has 0 aromatic rings. The fraction of sp³-hybridized carbons (Fsp3) is 0.250. The second-order valence-electron chi connectivity index (χ2n) is 1.13. The zero-order valence-corrected chi connectivity index (χ0v) is 4.26. The molecule has 0 aromatic heterocycles. The van der Waals surface area contributed by atoms with Gasteiger partial charge in [-0.15, -0.1) is 0 Å². The van der Waals surface area contributed by atoms with Gasteiger partial charge < -0.3 is 11.6 Å². The molecular weight excluding hydrogens is 90.1 g/mol. The molecule has 0 fully saturated rings. The Hall–Kier alpha value is -0.990. The van der Waals surface area contributed by atoms with Crippen LogP contribution in [0.25, 0.3) is 0 Å². The van der Waals surface area contributed by atoms with E-state index in [9.17, 15) is 0 Å². The fourth-order valence-electron chi connectivity index (χ4n) is 0.182. The molecule has 3 heteroatoms. The van der Waals surface area contributed by atoms with Crippen molar-refractivity contribution in [3.63, 3.8) is 0 Å². The Morgan fingerprint density at radius 1 is 1.71 bits per heavy atom. The Morgan fingerprint density at radius 3 is 2.43 bits per heavy atom. The molecule has 4 N–H and O–H groups in total. The van der Waals surface area contributed by atoms with Crippen molar-refractivity contribution in [1.82, 2.24) is 0 Å². The highest BCUT2D eigenvalue weighted by Crippen LogP contribution is 1.70. The molecule has 0 saturated heterocycles. The van der Waals surface area contributed by atoms with E-state index in [0.717, 1.165) is 5.71 Å². The van der Waals surface area contributed by atoms with Crippen molar-refractivity contribution in [3.8, 4) is 0 Å². The van der Waals surface area contributed by atoms with Gasteiger partial charge in [0.2, 0.25) is 0 Å². The van der Waals surface area contributed by atoms with Gasteiger partial charge in [0.15, 0.2) is 0 Å². The van der Waals surface area contributed by atoms with E-state index in [4.69, 9.17) is 11.6 Å². The molecule has 0 rings (SSSR count). The van der Waals surface area contributed by atoms with Crippen molar-refractivity contribution in [3.05, 3.63) is 12.3 Å².